The first-order valence-electron chi connectivity index (χ1n) is 7.09. The number of hydrogen-bond donors (Lipinski definition) is 2. The quantitative estimate of drug-likeness (QED) is 0.776. The van der Waals surface area contributed by atoms with Crippen LogP contribution in [-0.2, 0) is 4.79 Å². The van der Waals surface area contributed by atoms with Crippen LogP contribution in [0.25, 0.3) is 0 Å². The molecule has 0 aromatic heterocycles. The number of nitrogens with one attached hydrogen (secondary N) is 1. The number of nitrogens with zero attached hydrogens (tertiary/aromatic N) is 1. The summed E-state index contributed by atoms with van der Waals surface area (Å²) in [5.41, 5.74) is 0.671. The number of aliphatic hydroxyl groups is 1. The summed E-state index contributed by atoms with van der Waals surface area (Å²) in [7, 11) is 0. The van der Waals surface area contributed by atoms with Crippen LogP contribution in [-0.4, -0.2) is 42.1 Å². The van der Waals surface area contributed by atoms with Crippen molar-refractivity contribution in [2.24, 2.45) is 0 Å². The lowest BCUT2D eigenvalue weighted by molar-refractivity contribution is -0.130. The van der Waals surface area contributed by atoms with Crippen LogP contribution < -0.4 is 5.32 Å². The zero-order valence-corrected chi connectivity index (χ0v) is 11.5. The molecule has 110 valence electrons. The van der Waals surface area contributed by atoms with Crippen molar-refractivity contribution in [1.29, 1.82) is 0 Å². The number of likely N-dealkylation sites (tertiary alicyclic amines) is 1. The summed E-state index contributed by atoms with van der Waals surface area (Å²) in [6.07, 6.45) is 1.97. The van der Waals surface area contributed by atoms with E-state index < -0.39 is 6.10 Å². The van der Waals surface area contributed by atoms with Gasteiger partial charge < -0.3 is 15.3 Å². The van der Waals surface area contributed by atoms with Crippen LogP contribution in [0.2, 0.25) is 0 Å². The molecule has 1 aliphatic heterocycles. The molecule has 1 unspecified atom stereocenters. The highest BCUT2D eigenvalue weighted by Crippen LogP contribution is 2.12. The minimum Gasteiger partial charge on any atom is -0.387 e. The van der Waals surface area contributed by atoms with Gasteiger partial charge in [-0.05, 0) is 30.5 Å². The summed E-state index contributed by atoms with van der Waals surface area (Å²) < 4.78 is 12.8. The van der Waals surface area contributed by atoms with Crippen molar-refractivity contribution in [2.75, 3.05) is 26.2 Å². The molecule has 1 saturated heterocycles. The largest absolute Gasteiger partial charge is 0.387 e. The Morgan fingerprint density at radius 2 is 1.95 bits per heavy atom. The van der Waals surface area contributed by atoms with Gasteiger partial charge in [-0.15, -0.1) is 0 Å². The van der Waals surface area contributed by atoms with Crippen molar-refractivity contribution in [3.63, 3.8) is 0 Å². The van der Waals surface area contributed by atoms with Crippen LogP contribution in [0.5, 0.6) is 0 Å². The topological polar surface area (TPSA) is 52.6 Å². The van der Waals surface area contributed by atoms with Crippen molar-refractivity contribution >= 4 is 5.91 Å². The first-order chi connectivity index (χ1) is 9.66. The molecule has 1 aliphatic rings. The Bertz CT molecular complexity index is 430. The first-order valence-corrected chi connectivity index (χ1v) is 7.09. The van der Waals surface area contributed by atoms with E-state index in [4.69, 9.17) is 0 Å². The molecule has 1 amide bonds. The van der Waals surface area contributed by atoms with Crippen molar-refractivity contribution < 1.29 is 14.3 Å². The van der Waals surface area contributed by atoms with Crippen LogP contribution in [0.15, 0.2) is 24.3 Å². The van der Waals surface area contributed by atoms with Gasteiger partial charge in [0.25, 0.3) is 0 Å². The molecule has 1 aromatic carbocycles. The van der Waals surface area contributed by atoms with Gasteiger partial charge in [-0.1, -0.05) is 12.1 Å². The molecule has 2 rings (SSSR count). The van der Waals surface area contributed by atoms with Crippen molar-refractivity contribution in [3.05, 3.63) is 35.6 Å². The second kappa shape index (κ2) is 7.36. The van der Waals surface area contributed by atoms with E-state index in [0.29, 0.717) is 25.1 Å². The average Bonchev–Trinajstić information content (AvgIpc) is 2.98. The number of hydrogen-bond acceptors (Lipinski definition) is 3. The molecular weight excluding hydrogens is 259 g/mol. The van der Waals surface area contributed by atoms with Gasteiger partial charge in [0, 0.05) is 32.6 Å². The lowest BCUT2D eigenvalue weighted by Gasteiger charge is -2.16. The van der Waals surface area contributed by atoms with Gasteiger partial charge in [-0.25, -0.2) is 4.39 Å². The monoisotopic (exact) mass is 280 g/mol. The Labute approximate surface area is 118 Å². The molecule has 20 heavy (non-hydrogen) atoms. The lowest BCUT2D eigenvalue weighted by atomic mass is 10.1. The van der Waals surface area contributed by atoms with Crippen molar-refractivity contribution in [3.8, 4) is 0 Å². The van der Waals surface area contributed by atoms with E-state index >= 15 is 0 Å². The Morgan fingerprint density at radius 3 is 2.60 bits per heavy atom. The van der Waals surface area contributed by atoms with Gasteiger partial charge in [0.05, 0.1) is 6.10 Å². The van der Waals surface area contributed by atoms with Crippen LogP contribution >= 0.6 is 0 Å². The van der Waals surface area contributed by atoms with Gasteiger partial charge >= 0.3 is 0 Å². The second-order valence-corrected chi connectivity index (χ2v) is 5.11. The molecule has 1 heterocycles. The van der Waals surface area contributed by atoms with Gasteiger partial charge in [-0.2, -0.15) is 0 Å². The molecule has 0 aliphatic carbocycles. The smallest absolute Gasteiger partial charge is 0.223 e. The zero-order valence-electron chi connectivity index (χ0n) is 11.5. The average molecular weight is 280 g/mol. The van der Waals surface area contributed by atoms with E-state index in [9.17, 15) is 14.3 Å². The summed E-state index contributed by atoms with van der Waals surface area (Å²) in [6.45, 7) is 2.65. The highest BCUT2D eigenvalue weighted by Gasteiger charge is 2.17. The van der Waals surface area contributed by atoms with Crippen LogP contribution in [0, 0.1) is 5.82 Å². The number of amides is 1. The van der Waals surface area contributed by atoms with Gasteiger partial charge in [0.1, 0.15) is 5.82 Å². The molecule has 4 nitrogen and oxygen atoms in total. The van der Waals surface area contributed by atoms with E-state index in [1.807, 2.05) is 4.90 Å². The van der Waals surface area contributed by atoms with Crippen molar-refractivity contribution in [2.45, 2.75) is 25.4 Å². The minimum atomic E-state index is -0.683. The van der Waals surface area contributed by atoms with Crippen LogP contribution in [0.4, 0.5) is 4.39 Å². The lowest BCUT2D eigenvalue weighted by Crippen LogP contribution is -2.31. The van der Waals surface area contributed by atoms with Crippen LogP contribution in [0.1, 0.15) is 30.9 Å². The fourth-order valence-corrected chi connectivity index (χ4v) is 2.36. The molecule has 0 saturated carbocycles. The number of halogens is 1. The molecule has 1 aromatic rings. The molecule has 2 N–H and O–H groups in total. The predicted octanol–water partition coefficient (Wildman–Crippen LogP) is 1.46. The Kier molecular flexibility index (Phi) is 5.49. The normalized spacial score (nSPS) is 16.4. The van der Waals surface area contributed by atoms with Gasteiger partial charge in [0.15, 0.2) is 0 Å². The fraction of sp³-hybridized carbons (Fsp3) is 0.533. The maximum Gasteiger partial charge on any atom is 0.223 e. The zero-order chi connectivity index (χ0) is 14.4. The third-order valence-corrected chi connectivity index (χ3v) is 3.57. The van der Waals surface area contributed by atoms with E-state index in [-0.39, 0.29) is 11.7 Å². The number of carbonyl (C=O) groups is 1. The van der Waals surface area contributed by atoms with Crippen molar-refractivity contribution in [1.82, 2.24) is 10.2 Å². The third kappa shape index (κ3) is 4.28. The summed E-state index contributed by atoms with van der Waals surface area (Å²) in [5, 5.41) is 13.0. The molecule has 5 heteroatoms. The predicted molar refractivity (Wildman–Crippen MR) is 74.7 cm³/mol. The Morgan fingerprint density at radius 1 is 1.30 bits per heavy atom. The van der Waals surface area contributed by atoms with E-state index in [1.54, 1.807) is 12.1 Å². The number of benzene rings is 1. The Hall–Kier alpha value is -1.46. The molecule has 1 fully saturated rings. The molecule has 0 radical (unpaired) electrons. The second-order valence-electron chi connectivity index (χ2n) is 5.11. The third-order valence-electron chi connectivity index (χ3n) is 3.57. The fourth-order valence-electron chi connectivity index (χ4n) is 2.36. The van der Waals surface area contributed by atoms with E-state index in [2.05, 4.69) is 5.32 Å². The maximum atomic E-state index is 12.8. The highest BCUT2D eigenvalue weighted by atomic mass is 19.1. The SMILES string of the molecule is O=C(CCNCC(O)c1ccc(F)cc1)N1CCCC1. The summed E-state index contributed by atoms with van der Waals surface area (Å²) in [4.78, 5) is 13.7. The summed E-state index contributed by atoms with van der Waals surface area (Å²) in [6, 6.07) is 5.79. The van der Waals surface area contributed by atoms with Gasteiger partial charge in [-0.3, -0.25) is 4.79 Å². The molecular formula is C15H21FN2O2. The Balaban J connectivity index is 1.65. The standard InChI is InChI=1S/C15H21FN2O2/c16-13-5-3-12(4-6-13)14(19)11-17-8-7-15(20)18-9-1-2-10-18/h3-6,14,17,19H,1-2,7-11H2. The highest BCUT2D eigenvalue weighted by molar-refractivity contribution is 5.76. The van der Waals surface area contributed by atoms with Gasteiger partial charge in [0.2, 0.25) is 5.91 Å². The van der Waals surface area contributed by atoms with Crippen LogP contribution in [0.3, 0.4) is 0 Å². The molecule has 0 spiro atoms. The van der Waals surface area contributed by atoms with E-state index in [1.165, 1.54) is 12.1 Å². The minimum absolute atomic E-state index is 0.172. The molecule has 1 atom stereocenters. The number of aliphatic hydroxyl groups excluding tert-OH is 1. The summed E-state index contributed by atoms with van der Waals surface area (Å²) in [5.74, 6) is -0.142. The number of rotatable bonds is 6. The molecule has 0 bridgehead atoms. The first kappa shape index (κ1) is 14.9. The number of carbonyl (C=O) groups excluding carboxylic acids is 1. The summed E-state index contributed by atoms with van der Waals surface area (Å²) >= 11 is 0. The van der Waals surface area contributed by atoms with E-state index in [0.717, 1.165) is 25.9 Å². The maximum absolute atomic E-state index is 12.8.